The summed E-state index contributed by atoms with van der Waals surface area (Å²) < 4.78 is 5.48. The molecule has 1 saturated heterocycles. The molecule has 1 unspecified atom stereocenters. The summed E-state index contributed by atoms with van der Waals surface area (Å²) in [6, 6.07) is 9.84. The lowest BCUT2D eigenvalue weighted by Crippen LogP contribution is -2.44. The molecule has 0 bridgehead atoms. The average Bonchev–Trinajstić information content (AvgIpc) is 2.38. The van der Waals surface area contributed by atoms with Gasteiger partial charge >= 0.3 is 0 Å². The SMILES string of the molecule is CC1CCCCN1C(=O)COc1ccccc1. The van der Waals surface area contributed by atoms with Crippen LogP contribution in [-0.2, 0) is 4.79 Å². The molecule has 0 radical (unpaired) electrons. The molecule has 3 heteroatoms. The Bertz CT molecular complexity index is 364. The molecule has 1 aromatic carbocycles. The lowest BCUT2D eigenvalue weighted by atomic mass is 10.0. The summed E-state index contributed by atoms with van der Waals surface area (Å²) in [5, 5.41) is 0. The summed E-state index contributed by atoms with van der Waals surface area (Å²) in [6.45, 7) is 3.13. The summed E-state index contributed by atoms with van der Waals surface area (Å²) in [5.41, 5.74) is 0. The highest BCUT2D eigenvalue weighted by Gasteiger charge is 2.23. The maximum atomic E-state index is 12.0. The Balaban J connectivity index is 1.84. The zero-order valence-electron chi connectivity index (χ0n) is 10.3. The minimum absolute atomic E-state index is 0.0982. The van der Waals surface area contributed by atoms with Gasteiger partial charge in [0, 0.05) is 12.6 Å². The number of carbonyl (C=O) groups excluding carboxylic acids is 1. The van der Waals surface area contributed by atoms with Crippen LogP contribution in [-0.4, -0.2) is 30.0 Å². The van der Waals surface area contributed by atoms with Gasteiger partial charge in [-0.05, 0) is 38.3 Å². The molecule has 17 heavy (non-hydrogen) atoms. The van der Waals surface area contributed by atoms with Crippen molar-refractivity contribution in [3.63, 3.8) is 0 Å². The number of hydrogen-bond acceptors (Lipinski definition) is 2. The van der Waals surface area contributed by atoms with Gasteiger partial charge in [0.2, 0.25) is 0 Å². The molecule has 0 aliphatic carbocycles. The van der Waals surface area contributed by atoms with Gasteiger partial charge in [0.1, 0.15) is 5.75 Å². The topological polar surface area (TPSA) is 29.5 Å². The van der Waals surface area contributed by atoms with E-state index in [1.54, 1.807) is 0 Å². The largest absolute Gasteiger partial charge is 0.484 e. The molecule has 1 heterocycles. The first-order chi connectivity index (χ1) is 8.27. The zero-order valence-corrected chi connectivity index (χ0v) is 10.3. The van der Waals surface area contributed by atoms with Gasteiger partial charge in [-0.25, -0.2) is 0 Å². The fraction of sp³-hybridized carbons (Fsp3) is 0.500. The molecule has 1 aromatic rings. The first kappa shape index (κ1) is 12.0. The number of nitrogens with zero attached hydrogens (tertiary/aromatic N) is 1. The quantitative estimate of drug-likeness (QED) is 0.802. The van der Waals surface area contributed by atoms with Crippen LogP contribution in [0.4, 0.5) is 0 Å². The number of carbonyl (C=O) groups is 1. The Kier molecular flexibility index (Phi) is 4.02. The summed E-state index contributed by atoms with van der Waals surface area (Å²) in [4.78, 5) is 13.9. The van der Waals surface area contributed by atoms with Crippen molar-refractivity contribution in [2.45, 2.75) is 32.2 Å². The third-order valence-corrected chi connectivity index (χ3v) is 3.23. The highest BCUT2D eigenvalue weighted by atomic mass is 16.5. The van der Waals surface area contributed by atoms with Gasteiger partial charge in [0.25, 0.3) is 5.91 Å². The normalized spacial score (nSPS) is 20.1. The molecule has 3 nitrogen and oxygen atoms in total. The van der Waals surface area contributed by atoms with Crippen LogP contribution in [0.3, 0.4) is 0 Å². The smallest absolute Gasteiger partial charge is 0.260 e. The van der Waals surface area contributed by atoms with Gasteiger partial charge in [0.15, 0.2) is 6.61 Å². The summed E-state index contributed by atoms with van der Waals surface area (Å²) >= 11 is 0. The number of benzene rings is 1. The van der Waals surface area contributed by atoms with Crippen molar-refractivity contribution in [1.29, 1.82) is 0 Å². The van der Waals surface area contributed by atoms with E-state index in [1.165, 1.54) is 6.42 Å². The van der Waals surface area contributed by atoms with E-state index in [9.17, 15) is 4.79 Å². The van der Waals surface area contributed by atoms with Crippen LogP contribution in [0.5, 0.6) is 5.75 Å². The van der Waals surface area contributed by atoms with Crippen LogP contribution >= 0.6 is 0 Å². The number of hydrogen-bond donors (Lipinski definition) is 0. The molecule has 92 valence electrons. The fourth-order valence-electron chi connectivity index (χ4n) is 2.21. The standard InChI is InChI=1S/C14H19NO2/c1-12-7-5-6-10-15(12)14(16)11-17-13-8-3-2-4-9-13/h2-4,8-9,12H,5-7,10-11H2,1H3. The van der Waals surface area contributed by atoms with Crippen molar-refractivity contribution < 1.29 is 9.53 Å². The predicted molar refractivity (Wildman–Crippen MR) is 67.0 cm³/mol. The van der Waals surface area contributed by atoms with Crippen molar-refractivity contribution in [2.24, 2.45) is 0 Å². The first-order valence-corrected chi connectivity index (χ1v) is 6.24. The van der Waals surface area contributed by atoms with Crippen LogP contribution in [0, 0.1) is 0 Å². The van der Waals surface area contributed by atoms with Crippen LogP contribution in [0.15, 0.2) is 30.3 Å². The third-order valence-electron chi connectivity index (χ3n) is 3.23. The number of piperidine rings is 1. The van der Waals surface area contributed by atoms with Crippen LogP contribution in [0.1, 0.15) is 26.2 Å². The van der Waals surface area contributed by atoms with Crippen molar-refractivity contribution >= 4 is 5.91 Å². The van der Waals surface area contributed by atoms with Gasteiger partial charge in [-0.15, -0.1) is 0 Å². The van der Waals surface area contributed by atoms with Gasteiger partial charge < -0.3 is 9.64 Å². The molecular formula is C14H19NO2. The molecule has 1 aliphatic rings. The van der Waals surface area contributed by atoms with E-state index in [2.05, 4.69) is 6.92 Å². The van der Waals surface area contributed by atoms with Crippen LogP contribution in [0.2, 0.25) is 0 Å². The molecule has 1 atom stereocenters. The second-order valence-corrected chi connectivity index (χ2v) is 4.53. The van der Waals surface area contributed by atoms with Crippen molar-refractivity contribution in [3.8, 4) is 5.75 Å². The van der Waals surface area contributed by atoms with E-state index in [0.717, 1.165) is 25.1 Å². The van der Waals surface area contributed by atoms with Crippen LogP contribution in [0.25, 0.3) is 0 Å². The number of amides is 1. The number of rotatable bonds is 3. The monoisotopic (exact) mass is 233 g/mol. The Morgan fingerprint density at radius 1 is 1.35 bits per heavy atom. The van der Waals surface area contributed by atoms with Gasteiger partial charge in [-0.3, -0.25) is 4.79 Å². The highest BCUT2D eigenvalue weighted by Crippen LogP contribution is 2.17. The molecule has 0 N–H and O–H groups in total. The molecule has 2 rings (SSSR count). The van der Waals surface area contributed by atoms with Gasteiger partial charge in [0.05, 0.1) is 0 Å². The van der Waals surface area contributed by atoms with Gasteiger partial charge in [-0.2, -0.15) is 0 Å². The Morgan fingerprint density at radius 3 is 2.82 bits per heavy atom. The second kappa shape index (κ2) is 5.71. The highest BCUT2D eigenvalue weighted by molar-refractivity contribution is 5.78. The lowest BCUT2D eigenvalue weighted by Gasteiger charge is -2.33. The number of likely N-dealkylation sites (tertiary alicyclic amines) is 1. The second-order valence-electron chi connectivity index (χ2n) is 4.53. The zero-order chi connectivity index (χ0) is 12.1. The summed E-state index contributed by atoms with van der Waals surface area (Å²) in [6.07, 6.45) is 3.45. The van der Waals surface area contributed by atoms with Crippen molar-refractivity contribution in [2.75, 3.05) is 13.2 Å². The lowest BCUT2D eigenvalue weighted by molar-refractivity contribution is -0.136. The first-order valence-electron chi connectivity index (χ1n) is 6.24. The van der Waals surface area contributed by atoms with Crippen molar-refractivity contribution in [3.05, 3.63) is 30.3 Å². The fourth-order valence-corrected chi connectivity index (χ4v) is 2.21. The molecule has 1 aliphatic heterocycles. The van der Waals surface area contributed by atoms with Gasteiger partial charge in [-0.1, -0.05) is 18.2 Å². The minimum atomic E-state index is 0.0982. The molecular weight excluding hydrogens is 214 g/mol. The van der Waals surface area contributed by atoms with Crippen LogP contribution < -0.4 is 4.74 Å². The number of para-hydroxylation sites is 1. The van der Waals surface area contributed by atoms with E-state index in [1.807, 2.05) is 35.2 Å². The molecule has 0 aromatic heterocycles. The van der Waals surface area contributed by atoms with E-state index in [0.29, 0.717) is 6.04 Å². The average molecular weight is 233 g/mol. The Morgan fingerprint density at radius 2 is 2.12 bits per heavy atom. The summed E-state index contributed by atoms with van der Waals surface area (Å²) in [7, 11) is 0. The van der Waals surface area contributed by atoms with Crippen molar-refractivity contribution in [1.82, 2.24) is 4.90 Å². The Labute approximate surface area is 102 Å². The van der Waals surface area contributed by atoms with E-state index >= 15 is 0 Å². The predicted octanol–water partition coefficient (Wildman–Crippen LogP) is 2.47. The maximum absolute atomic E-state index is 12.0. The summed E-state index contributed by atoms with van der Waals surface area (Å²) in [5.74, 6) is 0.853. The number of ether oxygens (including phenoxy) is 1. The maximum Gasteiger partial charge on any atom is 0.260 e. The molecule has 0 saturated carbocycles. The Hall–Kier alpha value is -1.51. The molecule has 0 spiro atoms. The minimum Gasteiger partial charge on any atom is -0.484 e. The molecule has 1 amide bonds. The van der Waals surface area contributed by atoms with E-state index in [-0.39, 0.29) is 12.5 Å². The molecule has 1 fully saturated rings. The van der Waals surface area contributed by atoms with E-state index < -0.39 is 0 Å². The third kappa shape index (κ3) is 3.22. The van der Waals surface area contributed by atoms with E-state index in [4.69, 9.17) is 4.74 Å².